The number of carbonyl (C=O) groups is 3. The predicted molar refractivity (Wildman–Crippen MR) is 142 cm³/mol. The molecule has 1 N–H and O–H groups in total. The average Bonchev–Trinajstić information content (AvgIpc) is 3.51. The van der Waals surface area contributed by atoms with Gasteiger partial charge in [-0.15, -0.1) is 13.2 Å². The van der Waals surface area contributed by atoms with Crippen LogP contribution < -0.4 is 4.90 Å². The number of hydrogen-bond donors (Lipinski definition) is 1. The minimum Gasteiger partial charge on any atom is -0.394 e. The lowest BCUT2D eigenvalue weighted by molar-refractivity contribution is -0.146. The van der Waals surface area contributed by atoms with Gasteiger partial charge in [0.05, 0.1) is 30.6 Å². The van der Waals surface area contributed by atoms with Crippen LogP contribution in [0.3, 0.4) is 0 Å². The molecule has 0 aliphatic carbocycles. The summed E-state index contributed by atoms with van der Waals surface area (Å²) >= 11 is 0. The minimum atomic E-state index is -1.12. The topological polar surface area (TPSA) is 90.4 Å². The largest absolute Gasteiger partial charge is 0.394 e. The van der Waals surface area contributed by atoms with Gasteiger partial charge < -0.3 is 24.5 Å². The van der Waals surface area contributed by atoms with Crippen LogP contribution in [0.4, 0.5) is 5.69 Å². The number of benzene rings is 1. The minimum absolute atomic E-state index is 0.174. The fraction of sp³-hybridized carbons (Fsp3) is 0.552. The van der Waals surface area contributed by atoms with Crippen molar-refractivity contribution >= 4 is 23.4 Å². The van der Waals surface area contributed by atoms with Crippen molar-refractivity contribution in [3.63, 3.8) is 0 Å². The summed E-state index contributed by atoms with van der Waals surface area (Å²) in [6.07, 6.45) is 4.47. The molecular weight excluding hydrogens is 470 g/mol. The third-order valence-electron chi connectivity index (χ3n) is 8.40. The summed E-state index contributed by atoms with van der Waals surface area (Å²) in [4.78, 5) is 47.0. The van der Waals surface area contributed by atoms with E-state index in [1.807, 2.05) is 39.0 Å². The molecule has 4 rings (SSSR count). The van der Waals surface area contributed by atoms with E-state index in [2.05, 4.69) is 13.2 Å². The second-order valence-corrected chi connectivity index (χ2v) is 10.5. The molecule has 3 amide bonds. The fourth-order valence-corrected chi connectivity index (χ4v) is 6.80. The number of hydrogen-bond acceptors (Lipinski definition) is 5. The normalized spacial score (nSPS) is 28.7. The van der Waals surface area contributed by atoms with E-state index in [9.17, 15) is 19.5 Å². The third-order valence-corrected chi connectivity index (χ3v) is 8.40. The van der Waals surface area contributed by atoms with Gasteiger partial charge >= 0.3 is 0 Å². The number of aliphatic hydroxyl groups is 1. The van der Waals surface area contributed by atoms with Crippen molar-refractivity contribution in [2.45, 2.75) is 63.8 Å². The van der Waals surface area contributed by atoms with E-state index in [0.29, 0.717) is 25.8 Å². The van der Waals surface area contributed by atoms with E-state index in [1.54, 1.807) is 29.0 Å². The highest BCUT2D eigenvalue weighted by atomic mass is 16.5. The van der Waals surface area contributed by atoms with Gasteiger partial charge in [-0.25, -0.2) is 0 Å². The molecule has 0 radical (unpaired) electrons. The zero-order valence-corrected chi connectivity index (χ0v) is 22.4. The summed E-state index contributed by atoms with van der Waals surface area (Å²) in [5.74, 6) is -2.17. The highest BCUT2D eigenvalue weighted by Gasteiger charge is 2.75. The standard InChI is InChI=1S/C29H39N3O5/c1-7-15-30(6)26(34)22-21-13-14-29(37-21)23(22)27(35)32(20(9-3)17-33)25(29)28(36)31(16-8-2)24-18(4)11-10-12-19(24)5/h7-8,10-12,20-23,25,33H,1-2,9,13-17H2,3-6H3/t20-,21-,22+,23-,25?,29?/m0/s1. The first-order chi connectivity index (χ1) is 17.7. The summed E-state index contributed by atoms with van der Waals surface area (Å²) in [5, 5.41) is 10.3. The van der Waals surface area contributed by atoms with Crippen LogP contribution in [-0.4, -0.2) is 83.2 Å². The van der Waals surface area contributed by atoms with Gasteiger partial charge in [-0.3, -0.25) is 14.4 Å². The Morgan fingerprint density at radius 2 is 1.86 bits per heavy atom. The first-order valence-corrected chi connectivity index (χ1v) is 13.1. The molecule has 3 aliphatic rings. The Bertz CT molecular complexity index is 1080. The molecule has 1 aromatic rings. The summed E-state index contributed by atoms with van der Waals surface area (Å²) in [6, 6.07) is 4.34. The van der Waals surface area contributed by atoms with E-state index in [4.69, 9.17) is 4.74 Å². The van der Waals surface area contributed by atoms with Crippen LogP contribution in [0.2, 0.25) is 0 Å². The lowest BCUT2D eigenvalue weighted by Gasteiger charge is -2.39. The van der Waals surface area contributed by atoms with E-state index >= 15 is 0 Å². The Labute approximate surface area is 219 Å². The van der Waals surface area contributed by atoms with Crippen LogP contribution in [0.25, 0.3) is 0 Å². The molecule has 3 heterocycles. The molecule has 1 aromatic carbocycles. The molecule has 8 nitrogen and oxygen atoms in total. The number of rotatable bonds is 10. The molecule has 3 fully saturated rings. The van der Waals surface area contributed by atoms with Crippen LogP contribution in [0.15, 0.2) is 43.5 Å². The second kappa shape index (κ2) is 10.4. The number of para-hydroxylation sites is 1. The molecule has 2 bridgehead atoms. The van der Waals surface area contributed by atoms with Crippen LogP contribution in [0, 0.1) is 25.7 Å². The number of nitrogens with zero attached hydrogens (tertiary/aromatic N) is 3. The fourth-order valence-electron chi connectivity index (χ4n) is 6.80. The SMILES string of the molecule is C=CCN(C)C(=O)[C@@H]1[C@@H]2CCC3(O2)C(C(=O)N(CC=C)c2c(C)cccc2C)N([C@@H](CC)CO)C(=O)[C@H]13. The number of ether oxygens (including phenoxy) is 1. The smallest absolute Gasteiger partial charge is 0.253 e. The van der Waals surface area contributed by atoms with Gasteiger partial charge in [-0.1, -0.05) is 37.3 Å². The monoisotopic (exact) mass is 509 g/mol. The maximum Gasteiger partial charge on any atom is 0.253 e. The zero-order valence-electron chi connectivity index (χ0n) is 22.4. The Balaban J connectivity index is 1.84. The van der Waals surface area contributed by atoms with Crippen molar-refractivity contribution < 1.29 is 24.2 Å². The summed E-state index contributed by atoms with van der Waals surface area (Å²) in [6.45, 7) is 13.7. The lowest BCUT2D eigenvalue weighted by Crippen LogP contribution is -2.59. The number of likely N-dealkylation sites (N-methyl/N-ethyl adjacent to an activating group) is 1. The number of likely N-dealkylation sites (tertiary alicyclic amines) is 1. The number of fused-ring (bicyclic) bond motifs is 1. The van der Waals surface area contributed by atoms with Gasteiger partial charge in [0, 0.05) is 25.8 Å². The van der Waals surface area contributed by atoms with Crippen LogP contribution >= 0.6 is 0 Å². The summed E-state index contributed by atoms with van der Waals surface area (Å²) < 4.78 is 6.55. The van der Waals surface area contributed by atoms with Crippen molar-refractivity contribution in [3.8, 4) is 0 Å². The van der Waals surface area contributed by atoms with E-state index in [-0.39, 0.29) is 30.9 Å². The number of anilines is 1. The Kier molecular flexibility index (Phi) is 7.62. The zero-order chi connectivity index (χ0) is 27.1. The molecule has 200 valence electrons. The van der Waals surface area contributed by atoms with Gasteiger partial charge in [0.2, 0.25) is 11.8 Å². The first-order valence-electron chi connectivity index (χ1n) is 13.1. The predicted octanol–water partition coefficient (Wildman–Crippen LogP) is 2.61. The maximum atomic E-state index is 14.6. The number of amides is 3. The Hall–Kier alpha value is -2.97. The first kappa shape index (κ1) is 27.1. The molecular formula is C29H39N3O5. The molecule has 6 atom stereocenters. The number of aliphatic hydroxyl groups excluding tert-OH is 1. The van der Waals surface area contributed by atoms with Crippen molar-refractivity contribution in [1.29, 1.82) is 0 Å². The highest BCUT2D eigenvalue weighted by molar-refractivity contribution is 6.05. The summed E-state index contributed by atoms with van der Waals surface area (Å²) in [5.41, 5.74) is 1.53. The van der Waals surface area contributed by atoms with E-state index in [1.165, 1.54) is 4.90 Å². The molecule has 3 aliphatic heterocycles. The second-order valence-electron chi connectivity index (χ2n) is 10.5. The number of aryl methyl sites for hydroxylation is 2. The van der Waals surface area contributed by atoms with Gasteiger partial charge in [0.15, 0.2) is 0 Å². The molecule has 0 aromatic heterocycles. The lowest BCUT2D eigenvalue weighted by atomic mass is 9.70. The Morgan fingerprint density at radius 3 is 2.43 bits per heavy atom. The quantitative estimate of drug-likeness (QED) is 0.490. The average molecular weight is 510 g/mol. The third kappa shape index (κ3) is 4.10. The van der Waals surface area contributed by atoms with Crippen LogP contribution in [0.5, 0.6) is 0 Å². The van der Waals surface area contributed by atoms with Gasteiger partial charge in [0.1, 0.15) is 11.6 Å². The van der Waals surface area contributed by atoms with Gasteiger partial charge in [-0.2, -0.15) is 0 Å². The molecule has 1 spiro atoms. The Morgan fingerprint density at radius 1 is 1.22 bits per heavy atom. The molecule has 8 heteroatoms. The molecule has 2 unspecified atom stereocenters. The molecule has 37 heavy (non-hydrogen) atoms. The van der Waals surface area contributed by atoms with E-state index in [0.717, 1.165) is 16.8 Å². The summed E-state index contributed by atoms with van der Waals surface area (Å²) in [7, 11) is 1.69. The number of carbonyl (C=O) groups excluding carboxylic acids is 3. The highest BCUT2D eigenvalue weighted by Crippen LogP contribution is 2.59. The van der Waals surface area contributed by atoms with E-state index < -0.39 is 35.6 Å². The van der Waals surface area contributed by atoms with Gasteiger partial charge in [-0.05, 0) is 44.2 Å². The van der Waals surface area contributed by atoms with Crippen LogP contribution in [-0.2, 0) is 19.1 Å². The van der Waals surface area contributed by atoms with Crippen molar-refractivity contribution in [3.05, 3.63) is 54.6 Å². The maximum absolute atomic E-state index is 14.6. The van der Waals surface area contributed by atoms with Gasteiger partial charge in [0.25, 0.3) is 5.91 Å². The van der Waals surface area contributed by atoms with Crippen molar-refractivity contribution in [2.24, 2.45) is 11.8 Å². The molecule has 0 saturated carbocycles. The van der Waals surface area contributed by atoms with Crippen molar-refractivity contribution in [2.75, 3.05) is 31.6 Å². The van der Waals surface area contributed by atoms with Crippen LogP contribution in [0.1, 0.15) is 37.3 Å². The molecule has 3 saturated heterocycles. The van der Waals surface area contributed by atoms with Crippen molar-refractivity contribution in [1.82, 2.24) is 9.80 Å².